The number of para-hydroxylation sites is 1. The van der Waals surface area contributed by atoms with Gasteiger partial charge in [-0.3, -0.25) is 4.79 Å². The maximum absolute atomic E-state index is 12.1. The van der Waals surface area contributed by atoms with Crippen LogP contribution in [0.3, 0.4) is 0 Å². The van der Waals surface area contributed by atoms with Crippen LogP contribution >= 0.6 is 15.9 Å². The van der Waals surface area contributed by atoms with E-state index >= 15 is 0 Å². The normalized spacial score (nSPS) is 11.1. The Balaban J connectivity index is 1.75. The fourth-order valence-electron chi connectivity index (χ4n) is 3.97. The molecule has 0 atom stereocenters. The molecule has 4 aromatic rings. The fourth-order valence-corrected chi connectivity index (χ4v) is 4.23. The van der Waals surface area contributed by atoms with Crippen LogP contribution < -0.4 is 5.32 Å². The van der Waals surface area contributed by atoms with Gasteiger partial charge in [0.05, 0.1) is 17.9 Å². The molecule has 1 heterocycles. The summed E-state index contributed by atoms with van der Waals surface area (Å²) in [7, 11) is 3.78. The number of halogens is 1. The zero-order chi connectivity index (χ0) is 23.4. The molecule has 0 bridgehead atoms. The van der Waals surface area contributed by atoms with Crippen molar-refractivity contribution in [2.45, 2.75) is 13.5 Å². The Labute approximate surface area is 204 Å². The van der Waals surface area contributed by atoms with Gasteiger partial charge >= 0.3 is 0 Å². The summed E-state index contributed by atoms with van der Waals surface area (Å²) in [6, 6.07) is 29.6. The van der Waals surface area contributed by atoms with Gasteiger partial charge in [-0.1, -0.05) is 64.5 Å². The fraction of sp³-hybridized carbons (Fsp3) is 0.179. The summed E-state index contributed by atoms with van der Waals surface area (Å²) in [6.45, 7) is 3.03. The summed E-state index contributed by atoms with van der Waals surface area (Å²) in [5.74, 6) is 0.0196. The molecule has 1 amide bonds. The topological polar surface area (TPSA) is 37.3 Å². The van der Waals surface area contributed by atoms with Gasteiger partial charge in [0, 0.05) is 16.7 Å². The van der Waals surface area contributed by atoms with Crippen molar-refractivity contribution in [3.63, 3.8) is 0 Å². The second-order valence-electron chi connectivity index (χ2n) is 8.45. The number of benzene rings is 3. The SMILES string of the molecule is Cc1ccccc1-n1c(-c2ccc(Br)cc2)ccc1-c1cccc(CNC(=O)CN(C)C)c1. The van der Waals surface area contributed by atoms with Gasteiger partial charge in [0.25, 0.3) is 0 Å². The van der Waals surface area contributed by atoms with Gasteiger partial charge < -0.3 is 14.8 Å². The molecule has 4 nitrogen and oxygen atoms in total. The van der Waals surface area contributed by atoms with Crippen LogP contribution in [0.2, 0.25) is 0 Å². The van der Waals surface area contributed by atoms with E-state index in [4.69, 9.17) is 0 Å². The van der Waals surface area contributed by atoms with Crippen molar-refractivity contribution in [3.8, 4) is 28.2 Å². The minimum atomic E-state index is 0.0196. The van der Waals surface area contributed by atoms with Crippen molar-refractivity contribution in [2.75, 3.05) is 20.6 Å². The molecule has 3 aromatic carbocycles. The Morgan fingerprint density at radius 2 is 1.58 bits per heavy atom. The number of hydrogen-bond acceptors (Lipinski definition) is 2. The van der Waals surface area contributed by atoms with Gasteiger partial charge in [0.1, 0.15) is 0 Å². The lowest BCUT2D eigenvalue weighted by Gasteiger charge is -2.17. The van der Waals surface area contributed by atoms with Crippen LogP contribution in [-0.4, -0.2) is 36.0 Å². The number of amides is 1. The highest BCUT2D eigenvalue weighted by atomic mass is 79.9. The summed E-state index contributed by atoms with van der Waals surface area (Å²) in [5.41, 5.74) is 7.95. The molecule has 0 spiro atoms. The van der Waals surface area contributed by atoms with Crippen molar-refractivity contribution in [1.29, 1.82) is 0 Å². The Bertz CT molecular complexity index is 1260. The molecular formula is C28H28BrN3O. The Hall–Kier alpha value is -3.15. The molecule has 0 aliphatic heterocycles. The van der Waals surface area contributed by atoms with E-state index in [-0.39, 0.29) is 5.91 Å². The van der Waals surface area contributed by atoms with Crippen molar-refractivity contribution >= 4 is 21.8 Å². The van der Waals surface area contributed by atoms with Gasteiger partial charge in [-0.05, 0) is 79.7 Å². The molecule has 0 saturated carbocycles. The number of aromatic nitrogens is 1. The predicted molar refractivity (Wildman–Crippen MR) is 139 cm³/mol. The second-order valence-corrected chi connectivity index (χ2v) is 9.36. The minimum Gasteiger partial charge on any atom is -0.351 e. The number of carbonyl (C=O) groups is 1. The summed E-state index contributed by atoms with van der Waals surface area (Å²) in [6.07, 6.45) is 0. The van der Waals surface area contributed by atoms with Crippen molar-refractivity contribution in [3.05, 3.63) is 101 Å². The third kappa shape index (κ3) is 5.44. The summed E-state index contributed by atoms with van der Waals surface area (Å²) in [5, 5.41) is 3.01. The first-order valence-corrected chi connectivity index (χ1v) is 11.8. The third-order valence-corrected chi connectivity index (χ3v) is 6.08. The standard InChI is InChI=1S/C28H28BrN3O/c1-20-7-4-5-10-25(20)32-26(22-11-13-24(29)14-12-22)15-16-27(32)23-9-6-8-21(17-23)18-30-28(33)19-31(2)3/h4-17H,18-19H2,1-3H3,(H,30,33). The summed E-state index contributed by atoms with van der Waals surface area (Å²) in [4.78, 5) is 13.9. The highest BCUT2D eigenvalue weighted by molar-refractivity contribution is 9.10. The van der Waals surface area contributed by atoms with Crippen LogP contribution in [0.5, 0.6) is 0 Å². The van der Waals surface area contributed by atoms with E-state index in [9.17, 15) is 4.79 Å². The molecule has 33 heavy (non-hydrogen) atoms. The van der Waals surface area contributed by atoms with E-state index in [0.717, 1.165) is 38.2 Å². The predicted octanol–water partition coefficient (Wildman–Crippen LogP) is 6.06. The Morgan fingerprint density at radius 1 is 0.879 bits per heavy atom. The highest BCUT2D eigenvalue weighted by Gasteiger charge is 2.15. The molecule has 0 aliphatic rings. The van der Waals surface area contributed by atoms with Crippen LogP contribution in [-0.2, 0) is 11.3 Å². The average Bonchev–Trinajstić information content (AvgIpc) is 3.23. The number of likely N-dealkylation sites (N-methyl/N-ethyl adjacent to an activating group) is 1. The minimum absolute atomic E-state index is 0.0196. The van der Waals surface area contributed by atoms with Gasteiger partial charge in [0.2, 0.25) is 5.91 Å². The molecule has 1 aromatic heterocycles. The van der Waals surface area contributed by atoms with E-state index in [1.54, 1.807) is 0 Å². The number of carbonyl (C=O) groups excluding carboxylic acids is 1. The molecule has 0 saturated heterocycles. The molecule has 0 radical (unpaired) electrons. The van der Waals surface area contributed by atoms with Crippen LogP contribution in [0.1, 0.15) is 11.1 Å². The Morgan fingerprint density at radius 3 is 2.27 bits per heavy atom. The first kappa shape index (κ1) is 23.0. The van der Waals surface area contributed by atoms with E-state index in [2.05, 4.69) is 118 Å². The van der Waals surface area contributed by atoms with Crippen molar-refractivity contribution in [2.24, 2.45) is 0 Å². The van der Waals surface area contributed by atoms with Crippen molar-refractivity contribution < 1.29 is 4.79 Å². The van der Waals surface area contributed by atoms with E-state index < -0.39 is 0 Å². The van der Waals surface area contributed by atoms with E-state index in [1.165, 1.54) is 5.56 Å². The first-order valence-electron chi connectivity index (χ1n) is 11.0. The number of aryl methyl sites for hydroxylation is 1. The molecule has 0 fully saturated rings. The summed E-state index contributed by atoms with van der Waals surface area (Å²) >= 11 is 3.54. The lowest BCUT2D eigenvalue weighted by atomic mass is 10.1. The van der Waals surface area contributed by atoms with Crippen LogP contribution in [0.4, 0.5) is 0 Å². The molecule has 0 aliphatic carbocycles. The highest BCUT2D eigenvalue weighted by Crippen LogP contribution is 2.34. The molecular weight excluding hydrogens is 474 g/mol. The lowest BCUT2D eigenvalue weighted by Crippen LogP contribution is -2.32. The summed E-state index contributed by atoms with van der Waals surface area (Å²) < 4.78 is 3.38. The number of nitrogens with one attached hydrogen (secondary N) is 1. The molecule has 4 rings (SSSR count). The number of hydrogen-bond donors (Lipinski definition) is 1. The van der Waals surface area contributed by atoms with Crippen LogP contribution in [0.15, 0.2) is 89.4 Å². The maximum atomic E-state index is 12.1. The number of nitrogens with zero attached hydrogens (tertiary/aromatic N) is 2. The van der Waals surface area contributed by atoms with E-state index in [0.29, 0.717) is 13.1 Å². The number of rotatable bonds is 7. The zero-order valence-corrected chi connectivity index (χ0v) is 20.8. The largest absolute Gasteiger partial charge is 0.351 e. The third-order valence-electron chi connectivity index (χ3n) is 5.55. The molecule has 168 valence electrons. The molecule has 5 heteroatoms. The van der Waals surface area contributed by atoms with Gasteiger partial charge in [0.15, 0.2) is 0 Å². The smallest absolute Gasteiger partial charge is 0.234 e. The Kier molecular flexibility index (Phi) is 7.11. The quantitative estimate of drug-likeness (QED) is 0.334. The average molecular weight is 502 g/mol. The first-order chi connectivity index (χ1) is 15.9. The molecule has 1 N–H and O–H groups in total. The van der Waals surface area contributed by atoms with Crippen LogP contribution in [0, 0.1) is 6.92 Å². The van der Waals surface area contributed by atoms with E-state index in [1.807, 2.05) is 19.0 Å². The van der Waals surface area contributed by atoms with Gasteiger partial charge in [-0.15, -0.1) is 0 Å². The van der Waals surface area contributed by atoms with Gasteiger partial charge in [-0.2, -0.15) is 0 Å². The van der Waals surface area contributed by atoms with Crippen molar-refractivity contribution in [1.82, 2.24) is 14.8 Å². The van der Waals surface area contributed by atoms with Crippen LogP contribution in [0.25, 0.3) is 28.2 Å². The monoisotopic (exact) mass is 501 g/mol. The maximum Gasteiger partial charge on any atom is 0.234 e. The van der Waals surface area contributed by atoms with Gasteiger partial charge in [-0.25, -0.2) is 0 Å². The second kappa shape index (κ2) is 10.2. The lowest BCUT2D eigenvalue weighted by molar-refractivity contribution is -0.121. The zero-order valence-electron chi connectivity index (χ0n) is 19.2. The molecule has 0 unspecified atom stereocenters.